The van der Waals surface area contributed by atoms with Crippen LogP contribution in [0.2, 0.25) is 0 Å². The fourth-order valence-corrected chi connectivity index (χ4v) is 2.47. The van der Waals surface area contributed by atoms with E-state index in [1.54, 1.807) is 0 Å². The normalized spacial score (nSPS) is 18.6. The lowest BCUT2D eigenvalue weighted by Gasteiger charge is -2.33. The summed E-state index contributed by atoms with van der Waals surface area (Å²) in [6.45, 7) is 5.74. The summed E-state index contributed by atoms with van der Waals surface area (Å²) in [5.41, 5.74) is 6.03. The van der Waals surface area contributed by atoms with Gasteiger partial charge in [0.15, 0.2) is 0 Å². The fourth-order valence-electron chi connectivity index (χ4n) is 2.47. The van der Waals surface area contributed by atoms with Gasteiger partial charge in [-0.25, -0.2) is 0 Å². The van der Waals surface area contributed by atoms with Gasteiger partial charge in [0, 0.05) is 19.1 Å². The summed E-state index contributed by atoms with van der Waals surface area (Å²) >= 11 is 0. The van der Waals surface area contributed by atoms with Crippen LogP contribution in [0.5, 0.6) is 0 Å². The van der Waals surface area contributed by atoms with Crippen LogP contribution in [0.4, 0.5) is 0 Å². The number of carbonyl (C=O) groups excluding carboxylic acids is 1. The smallest absolute Gasteiger partial charge is 0.240 e. The maximum absolute atomic E-state index is 12.5. The molecule has 2 N–H and O–H groups in total. The van der Waals surface area contributed by atoms with Crippen molar-refractivity contribution in [3.8, 4) is 0 Å². The van der Waals surface area contributed by atoms with Crippen LogP contribution in [0.15, 0.2) is 0 Å². The van der Waals surface area contributed by atoms with Crippen LogP contribution in [0.1, 0.15) is 39.5 Å². The first-order chi connectivity index (χ1) is 8.43. The number of amides is 1. The van der Waals surface area contributed by atoms with Crippen molar-refractivity contribution < 1.29 is 4.79 Å². The summed E-state index contributed by atoms with van der Waals surface area (Å²) in [4.78, 5) is 16.6. The Balaban J connectivity index is 2.66. The summed E-state index contributed by atoms with van der Waals surface area (Å²) in [6, 6.07) is 0.0648. The van der Waals surface area contributed by atoms with Crippen LogP contribution in [0.25, 0.3) is 0 Å². The molecule has 1 aliphatic rings. The molecule has 0 radical (unpaired) electrons. The van der Waals surface area contributed by atoms with Gasteiger partial charge in [0.2, 0.25) is 5.91 Å². The Morgan fingerprint density at radius 3 is 2.22 bits per heavy atom. The molecule has 0 aromatic heterocycles. The minimum absolute atomic E-state index is 0.138. The predicted octanol–water partition coefficient (Wildman–Crippen LogP) is 1.30. The van der Waals surface area contributed by atoms with Crippen molar-refractivity contribution in [3.63, 3.8) is 0 Å². The van der Waals surface area contributed by atoms with Crippen LogP contribution >= 0.6 is 0 Å². The Hall–Kier alpha value is -0.610. The molecule has 0 spiro atoms. The quantitative estimate of drug-likeness (QED) is 0.778. The Bertz CT molecular complexity index is 260. The van der Waals surface area contributed by atoms with Crippen molar-refractivity contribution in [3.05, 3.63) is 0 Å². The summed E-state index contributed by atoms with van der Waals surface area (Å²) in [6.07, 6.45) is 4.77. The van der Waals surface area contributed by atoms with E-state index in [1.165, 1.54) is 12.8 Å². The summed E-state index contributed by atoms with van der Waals surface area (Å²) in [5.74, 6) is 0.347. The second-order valence-corrected chi connectivity index (χ2v) is 6.04. The molecular weight excluding hydrogens is 226 g/mol. The van der Waals surface area contributed by atoms with Gasteiger partial charge in [-0.15, -0.1) is 0 Å². The highest BCUT2D eigenvalue weighted by Gasteiger charge is 2.30. The molecule has 18 heavy (non-hydrogen) atoms. The van der Waals surface area contributed by atoms with Crippen LogP contribution in [0, 0.1) is 5.92 Å². The number of nitrogens with two attached hydrogens (primary N) is 1. The monoisotopic (exact) mass is 255 g/mol. The number of hydrogen-bond donors (Lipinski definition) is 1. The number of likely N-dealkylation sites (N-methyl/N-ethyl adjacent to an activating group) is 1. The highest BCUT2D eigenvalue weighted by atomic mass is 16.2. The maximum atomic E-state index is 12.5. The molecular formula is C14H29N3O. The van der Waals surface area contributed by atoms with Crippen molar-refractivity contribution in [1.82, 2.24) is 9.80 Å². The molecule has 0 heterocycles. The van der Waals surface area contributed by atoms with Gasteiger partial charge in [0.1, 0.15) is 0 Å². The molecule has 1 atom stereocenters. The van der Waals surface area contributed by atoms with Crippen molar-refractivity contribution in [1.29, 1.82) is 0 Å². The van der Waals surface area contributed by atoms with E-state index in [0.29, 0.717) is 6.04 Å². The Morgan fingerprint density at radius 2 is 1.78 bits per heavy atom. The topological polar surface area (TPSA) is 49.6 Å². The number of hydrogen-bond acceptors (Lipinski definition) is 3. The van der Waals surface area contributed by atoms with Gasteiger partial charge < -0.3 is 15.5 Å². The summed E-state index contributed by atoms with van der Waals surface area (Å²) in [7, 11) is 4.08. The van der Waals surface area contributed by atoms with Crippen LogP contribution < -0.4 is 5.73 Å². The van der Waals surface area contributed by atoms with Crippen LogP contribution in [-0.4, -0.2) is 55.0 Å². The highest BCUT2D eigenvalue weighted by molar-refractivity contribution is 5.82. The third kappa shape index (κ3) is 4.25. The molecule has 1 aliphatic carbocycles. The molecule has 4 heteroatoms. The van der Waals surface area contributed by atoms with Gasteiger partial charge in [-0.1, -0.05) is 26.7 Å². The van der Waals surface area contributed by atoms with Gasteiger partial charge in [-0.3, -0.25) is 4.79 Å². The second kappa shape index (κ2) is 7.10. The van der Waals surface area contributed by atoms with Gasteiger partial charge in [0.25, 0.3) is 0 Å². The van der Waals surface area contributed by atoms with Crippen molar-refractivity contribution in [2.45, 2.75) is 51.6 Å². The average molecular weight is 255 g/mol. The van der Waals surface area contributed by atoms with Gasteiger partial charge in [-0.2, -0.15) is 0 Å². The molecule has 4 nitrogen and oxygen atoms in total. The number of carbonyl (C=O) groups is 1. The standard InChI is InChI=1S/C14H29N3O/c1-11(2)13(15)14(18)17(10-9-16(3)4)12-7-5-6-8-12/h11-13H,5-10,15H2,1-4H3/t13-/m1/s1. The lowest BCUT2D eigenvalue weighted by Crippen LogP contribution is -2.51. The molecule has 106 valence electrons. The summed E-state index contributed by atoms with van der Waals surface area (Å²) < 4.78 is 0. The lowest BCUT2D eigenvalue weighted by atomic mass is 10.0. The first-order valence-corrected chi connectivity index (χ1v) is 7.14. The van der Waals surface area contributed by atoms with E-state index < -0.39 is 0 Å². The molecule has 1 amide bonds. The highest BCUT2D eigenvalue weighted by Crippen LogP contribution is 2.24. The molecule has 0 saturated heterocycles. The van der Waals surface area contributed by atoms with Gasteiger partial charge >= 0.3 is 0 Å². The van der Waals surface area contributed by atoms with Crippen molar-refractivity contribution in [2.75, 3.05) is 27.2 Å². The second-order valence-electron chi connectivity index (χ2n) is 6.04. The molecule has 0 aromatic rings. The maximum Gasteiger partial charge on any atom is 0.240 e. The first kappa shape index (κ1) is 15.4. The first-order valence-electron chi connectivity index (χ1n) is 7.14. The zero-order valence-electron chi connectivity index (χ0n) is 12.4. The molecule has 0 aromatic carbocycles. The van der Waals surface area contributed by atoms with E-state index in [4.69, 9.17) is 5.73 Å². The molecule has 1 rings (SSSR count). The predicted molar refractivity (Wildman–Crippen MR) is 75.3 cm³/mol. The third-order valence-electron chi connectivity index (χ3n) is 3.84. The molecule has 0 aliphatic heterocycles. The Labute approximate surface area is 111 Å². The van der Waals surface area contributed by atoms with Gasteiger partial charge in [0.05, 0.1) is 6.04 Å². The summed E-state index contributed by atoms with van der Waals surface area (Å²) in [5, 5.41) is 0. The van der Waals surface area contributed by atoms with E-state index in [9.17, 15) is 4.79 Å². The zero-order chi connectivity index (χ0) is 13.7. The van der Waals surface area contributed by atoms with Gasteiger partial charge in [-0.05, 0) is 32.9 Å². The third-order valence-corrected chi connectivity index (χ3v) is 3.84. The van der Waals surface area contributed by atoms with E-state index in [-0.39, 0.29) is 17.9 Å². The minimum Gasteiger partial charge on any atom is -0.337 e. The zero-order valence-corrected chi connectivity index (χ0v) is 12.4. The molecule has 0 unspecified atom stereocenters. The Morgan fingerprint density at radius 1 is 1.22 bits per heavy atom. The number of nitrogens with zero attached hydrogens (tertiary/aromatic N) is 2. The van der Waals surface area contributed by atoms with E-state index in [2.05, 4.69) is 4.90 Å². The van der Waals surface area contributed by atoms with E-state index >= 15 is 0 Å². The molecule has 1 fully saturated rings. The molecule has 1 saturated carbocycles. The SMILES string of the molecule is CC(C)[C@@H](N)C(=O)N(CCN(C)C)C1CCCC1. The fraction of sp³-hybridized carbons (Fsp3) is 0.929. The average Bonchev–Trinajstić information content (AvgIpc) is 2.81. The van der Waals surface area contributed by atoms with E-state index in [1.807, 2.05) is 32.8 Å². The van der Waals surface area contributed by atoms with Crippen molar-refractivity contribution >= 4 is 5.91 Å². The van der Waals surface area contributed by atoms with E-state index in [0.717, 1.165) is 25.9 Å². The largest absolute Gasteiger partial charge is 0.337 e. The Kier molecular flexibility index (Phi) is 6.09. The minimum atomic E-state index is -0.354. The number of rotatable bonds is 6. The van der Waals surface area contributed by atoms with Crippen molar-refractivity contribution in [2.24, 2.45) is 11.7 Å². The molecule has 0 bridgehead atoms. The van der Waals surface area contributed by atoms with Crippen LogP contribution in [-0.2, 0) is 4.79 Å². The van der Waals surface area contributed by atoms with Crippen LogP contribution in [0.3, 0.4) is 0 Å². The lowest BCUT2D eigenvalue weighted by molar-refractivity contribution is -0.136.